The number of aryl methyl sites for hydroxylation is 1. The van der Waals surface area contributed by atoms with Crippen LogP contribution in [0.15, 0.2) is 84.0 Å². The highest BCUT2D eigenvalue weighted by molar-refractivity contribution is 6.09. The van der Waals surface area contributed by atoms with Gasteiger partial charge in [0.2, 0.25) is 0 Å². The summed E-state index contributed by atoms with van der Waals surface area (Å²) in [5.74, 6) is -0.616. The fourth-order valence-corrected chi connectivity index (χ4v) is 3.59. The molecule has 3 rings (SSSR count). The summed E-state index contributed by atoms with van der Waals surface area (Å²) in [5, 5.41) is 4.08. The molecule has 0 atom stereocenters. The number of carbonyl (C=O) groups is 2. The van der Waals surface area contributed by atoms with Crippen LogP contribution < -0.4 is 15.2 Å². The topological polar surface area (TPSA) is 65.0 Å². The van der Waals surface area contributed by atoms with Gasteiger partial charge in [0.1, 0.15) is 6.54 Å². The highest BCUT2D eigenvalue weighted by Gasteiger charge is 2.21. The maximum absolute atomic E-state index is 13.2. The van der Waals surface area contributed by atoms with E-state index in [1.165, 1.54) is 4.90 Å². The molecule has 0 aromatic heterocycles. The zero-order valence-corrected chi connectivity index (χ0v) is 19.4. The zero-order chi connectivity index (χ0) is 23.6. The van der Waals surface area contributed by atoms with Crippen molar-refractivity contribution in [1.82, 2.24) is 5.43 Å². The van der Waals surface area contributed by atoms with E-state index in [9.17, 15) is 9.59 Å². The zero-order valence-electron chi connectivity index (χ0n) is 19.4. The number of anilines is 2. The Morgan fingerprint density at radius 3 is 2.15 bits per heavy atom. The predicted molar refractivity (Wildman–Crippen MR) is 135 cm³/mol. The third-order valence-electron chi connectivity index (χ3n) is 5.40. The molecule has 6 nitrogen and oxygen atoms in total. The largest absolute Gasteiger partial charge is 0.372 e. The van der Waals surface area contributed by atoms with Gasteiger partial charge < -0.3 is 4.90 Å². The average Bonchev–Trinajstić information content (AvgIpc) is 2.85. The highest BCUT2D eigenvalue weighted by Crippen LogP contribution is 2.21. The van der Waals surface area contributed by atoms with Crippen LogP contribution in [0, 0.1) is 6.92 Å². The van der Waals surface area contributed by atoms with Gasteiger partial charge in [0, 0.05) is 30.0 Å². The lowest BCUT2D eigenvalue weighted by Gasteiger charge is -2.23. The van der Waals surface area contributed by atoms with E-state index in [2.05, 4.69) is 29.3 Å². The van der Waals surface area contributed by atoms with E-state index in [0.717, 1.165) is 29.9 Å². The molecule has 0 aliphatic heterocycles. The first-order chi connectivity index (χ1) is 16.0. The third-order valence-corrected chi connectivity index (χ3v) is 5.40. The monoisotopic (exact) mass is 442 g/mol. The van der Waals surface area contributed by atoms with Crippen LogP contribution in [0.2, 0.25) is 0 Å². The molecule has 0 saturated heterocycles. The summed E-state index contributed by atoms with van der Waals surface area (Å²) in [4.78, 5) is 29.6. The molecule has 6 heteroatoms. The second-order valence-corrected chi connectivity index (χ2v) is 7.60. The number of amides is 2. The SMILES string of the molecule is CCN(CC)c1ccc(/C=N\NC(=O)CN(C(=O)c2ccccc2)c2ccccc2C)cc1. The molecule has 0 spiro atoms. The molecule has 3 aromatic carbocycles. The third kappa shape index (κ3) is 6.29. The van der Waals surface area contributed by atoms with Crippen LogP contribution in [-0.2, 0) is 4.79 Å². The van der Waals surface area contributed by atoms with Crippen LogP contribution in [-0.4, -0.2) is 37.7 Å². The Labute approximate surface area is 195 Å². The van der Waals surface area contributed by atoms with Gasteiger partial charge in [-0.2, -0.15) is 5.10 Å². The van der Waals surface area contributed by atoms with E-state index in [-0.39, 0.29) is 18.4 Å². The molecular formula is C27H30N4O2. The lowest BCUT2D eigenvalue weighted by molar-refractivity contribution is -0.119. The molecule has 1 N–H and O–H groups in total. The molecule has 3 aromatic rings. The minimum atomic E-state index is -0.376. The van der Waals surface area contributed by atoms with Gasteiger partial charge in [-0.05, 0) is 62.2 Å². The fourth-order valence-electron chi connectivity index (χ4n) is 3.59. The van der Waals surface area contributed by atoms with Crippen LogP contribution >= 0.6 is 0 Å². The maximum atomic E-state index is 13.2. The van der Waals surface area contributed by atoms with Gasteiger partial charge in [-0.3, -0.25) is 14.5 Å². The second kappa shape index (κ2) is 11.6. The fraction of sp³-hybridized carbons (Fsp3) is 0.222. The Balaban J connectivity index is 1.70. The molecule has 0 heterocycles. The number of hydrazone groups is 1. The van der Waals surface area contributed by atoms with Gasteiger partial charge in [0.25, 0.3) is 11.8 Å². The van der Waals surface area contributed by atoms with Gasteiger partial charge in [0.05, 0.1) is 6.21 Å². The number of hydrogen-bond donors (Lipinski definition) is 1. The number of benzene rings is 3. The summed E-state index contributed by atoms with van der Waals surface area (Å²) in [6, 6.07) is 24.4. The standard InChI is InChI=1S/C27H30N4O2/c1-4-30(5-2)24-17-15-22(16-18-24)19-28-29-26(32)20-31(25-14-10-9-11-21(25)3)27(33)23-12-7-6-8-13-23/h6-19H,4-5,20H2,1-3H3,(H,29,32)/b28-19-. The van der Waals surface area contributed by atoms with Crippen LogP contribution in [0.5, 0.6) is 0 Å². The van der Waals surface area contributed by atoms with Crippen LogP contribution in [0.4, 0.5) is 11.4 Å². The Kier molecular flexibility index (Phi) is 8.36. The molecule has 0 aliphatic rings. The van der Waals surface area contributed by atoms with Crippen molar-refractivity contribution < 1.29 is 9.59 Å². The van der Waals surface area contributed by atoms with Crippen molar-refractivity contribution in [1.29, 1.82) is 0 Å². The van der Waals surface area contributed by atoms with Gasteiger partial charge >= 0.3 is 0 Å². The highest BCUT2D eigenvalue weighted by atomic mass is 16.2. The van der Waals surface area contributed by atoms with Crippen LogP contribution in [0.25, 0.3) is 0 Å². The van der Waals surface area contributed by atoms with Crippen molar-refractivity contribution in [2.45, 2.75) is 20.8 Å². The van der Waals surface area contributed by atoms with Crippen molar-refractivity contribution in [2.75, 3.05) is 29.4 Å². The molecule has 0 fully saturated rings. The van der Waals surface area contributed by atoms with Crippen LogP contribution in [0.1, 0.15) is 35.3 Å². The molecular weight excluding hydrogens is 412 g/mol. The molecule has 0 radical (unpaired) electrons. The number of rotatable bonds is 9. The smallest absolute Gasteiger partial charge is 0.260 e. The Morgan fingerprint density at radius 2 is 1.52 bits per heavy atom. The minimum absolute atomic E-state index is 0.142. The van der Waals surface area contributed by atoms with Crippen molar-refractivity contribution in [3.05, 3.63) is 95.6 Å². The quantitative estimate of drug-likeness (QED) is 0.388. The Bertz CT molecular complexity index is 1090. The first-order valence-electron chi connectivity index (χ1n) is 11.1. The lowest BCUT2D eigenvalue weighted by Crippen LogP contribution is -2.40. The minimum Gasteiger partial charge on any atom is -0.372 e. The molecule has 0 aliphatic carbocycles. The van der Waals surface area contributed by atoms with E-state index in [1.807, 2.05) is 61.5 Å². The van der Waals surface area contributed by atoms with Gasteiger partial charge in [-0.25, -0.2) is 5.43 Å². The predicted octanol–water partition coefficient (Wildman–Crippen LogP) is 4.64. The normalized spacial score (nSPS) is 10.8. The summed E-state index contributed by atoms with van der Waals surface area (Å²) in [6.07, 6.45) is 1.60. The number of hydrogen-bond acceptors (Lipinski definition) is 4. The summed E-state index contributed by atoms with van der Waals surface area (Å²) >= 11 is 0. The van der Waals surface area contributed by atoms with Crippen LogP contribution in [0.3, 0.4) is 0 Å². The summed E-state index contributed by atoms with van der Waals surface area (Å²) in [6.45, 7) is 7.90. The van der Waals surface area contributed by atoms with Crippen molar-refractivity contribution >= 4 is 29.4 Å². The molecule has 0 bridgehead atoms. The molecule has 0 saturated carbocycles. The summed E-state index contributed by atoms with van der Waals surface area (Å²) in [5.41, 5.74) is 6.69. The molecule has 0 unspecified atom stereocenters. The van der Waals surface area contributed by atoms with E-state index < -0.39 is 0 Å². The second-order valence-electron chi connectivity index (χ2n) is 7.60. The van der Waals surface area contributed by atoms with Crippen molar-refractivity contribution in [3.63, 3.8) is 0 Å². The van der Waals surface area contributed by atoms with Gasteiger partial charge in [-0.15, -0.1) is 0 Å². The number of nitrogens with one attached hydrogen (secondary N) is 1. The summed E-state index contributed by atoms with van der Waals surface area (Å²) in [7, 11) is 0. The first kappa shape index (κ1) is 23.7. The molecule has 2 amide bonds. The first-order valence-corrected chi connectivity index (χ1v) is 11.1. The van der Waals surface area contributed by atoms with Gasteiger partial charge in [-0.1, -0.05) is 48.5 Å². The molecule has 170 valence electrons. The Morgan fingerprint density at radius 1 is 0.879 bits per heavy atom. The van der Waals surface area contributed by atoms with E-state index in [4.69, 9.17) is 0 Å². The van der Waals surface area contributed by atoms with Crippen molar-refractivity contribution in [3.8, 4) is 0 Å². The number of para-hydroxylation sites is 1. The van der Waals surface area contributed by atoms with Crippen molar-refractivity contribution in [2.24, 2.45) is 5.10 Å². The lowest BCUT2D eigenvalue weighted by atomic mass is 10.1. The average molecular weight is 443 g/mol. The van der Waals surface area contributed by atoms with E-state index >= 15 is 0 Å². The number of carbonyl (C=O) groups excluding carboxylic acids is 2. The van der Waals surface area contributed by atoms with E-state index in [0.29, 0.717) is 11.3 Å². The maximum Gasteiger partial charge on any atom is 0.260 e. The van der Waals surface area contributed by atoms with E-state index in [1.54, 1.807) is 30.5 Å². The number of nitrogens with zero attached hydrogens (tertiary/aromatic N) is 3. The van der Waals surface area contributed by atoms with Gasteiger partial charge in [0.15, 0.2) is 0 Å². The Hall–Kier alpha value is -3.93. The molecule has 33 heavy (non-hydrogen) atoms. The summed E-state index contributed by atoms with van der Waals surface area (Å²) < 4.78 is 0.